The Bertz CT molecular complexity index is 364. The van der Waals surface area contributed by atoms with Crippen LogP contribution >= 0.6 is 0 Å². The molecule has 0 unspecified atom stereocenters. The molecule has 0 radical (unpaired) electrons. The maximum atomic E-state index is 12.5. The maximum absolute atomic E-state index is 12.5. The monoisotopic (exact) mass is 247 g/mol. The molecule has 1 aliphatic carbocycles. The number of halogens is 3. The smallest absolute Gasteiger partial charge is 0.366 e. The van der Waals surface area contributed by atoms with E-state index < -0.39 is 12.1 Å². The summed E-state index contributed by atoms with van der Waals surface area (Å²) < 4.78 is 39.1. The lowest BCUT2D eigenvalue weighted by atomic mass is 9.85. The Hall–Kier alpha value is -1.20. The maximum Gasteiger partial charge on any atom is 0.391 e. The first-order chi connectivity index (χ1) is 7.95. The third-order valence-corrected chi connectivity index (χ3v) is 3.26. The van der Waals surface area contributed by atoms with Gasteiger partial charge in [-0.2, -0.15) is 18.3 Å². The van der Waals surface area contributed by atoms with E-state index in [1.54, 1.807) is 4.68 Å². The molecule has 6 heteroatoms. The van der Waals surface area contributed by atoms with Crippen LogP contribution in [0.4, 0.5) is 19.0 Å². The van der Waals surface area contributed by atoms with Gasteiger partial charge in [0.25, 0.3) is 0 Å². The highest BCUT2D eigenvalue weighted by atomic mass is 19.4. The van der Waals surface area contributed by atoms with Crippen LogP contribution in [0.3, 0.4) is 0 Å². The molecule has 0 bridgehead atoms. The van der Waals surface area contributed by atoms with Crippen LogP contribution in [0.1, 0.15) is 25.7 Å². The van der Waals surface area contributed by atoms with Crippen LogP contribution in [-0.2, 0) is 7.05 Å². The van der Waals surface area contributed by atoms with Crippen molar-refractivity contribution in [2.24, 2.45) is 13.0 Å². The van der Waals surface area contributed by atoms with Crippen molar-refractivity contribution in [1.82, 2.24) is 9.78 Å². The van der Waals surface area contributed by atoms with Gasteiger partial charge in [0.2, 0.25) is 0 Å². The number of hydrogen-bond acceptors (Lipinski definition) is 2. The fourth-order valence-corrected chi connectivity index (χ4v) is 2.27. The highest BCUT2D eigenvalue weighted by Crippen LogP contribution is 2.37. The van der Waals surface area contributed by atoms with Crippen LogP contribution in [0.15, 0.2) is 12.3 Å². The van der Waals surface area contributed by atoms with Gasteiger partial charge in [0.1, 0.15) is 5.82 Å². The van der Waals surface area contributed by atoms with Crippen LogP contribution in [0, 0.1) is 5.92 Å². The molecule has 1 saturated carbocycles. The van der Waals surface area contributed by atoms with E-state index in [1.807, 2.05) is 19.3 Å². The molecule has 3 nitrogen and oxygen atoms in total. The number of nitrogens with zero attached hydrogens (tertiary/aromatic N) is 2. The summed E-state index contributed by atoms with van der Waals surface area (Å²) >= 11 is 0. The summed E-state index contributed by atoms with van der Waals surface area (Å²) in [7, 11) is 1.81. The normalized spacial score (nSPS) is 25.9. The zero-order chi connectivity index (χ0) is 12.5. The van der Waals surface area contributed by atoms with E-state index in [9.17, 15) is 13.2 Å². The molecule has 0 saturated heterocycles. The lowest BCUT2D eigenvalue weighted by molar-refractivity contribution is -0.182. The number of rotatable bonds is 2. The molecule has 1 aliphatic rings. The Morgan fingerprint density at radius 1 is 1.29 bits per heavy atom. The number of aromatic nitrogens is 2. The van der Waals surface area contributed by atoms with Crippen molar-refractivity contribution in [3.63, 3.8) is 0 Å². The molecule has 0 spiro atoms. The summed E-state index contributed by atoms with van der Waals surface area (Å²) in [5.41, 5.74) is 0. The van der Waals surface area contributed by atoms with Crippen LogP contribution in [0.2, 0.25) is 0 Å². The van der Waals surface area contributed by atoms with Crippen molar-refractivity contribution in [3.05, 3.63) is 12.3 Å². The minimum absolute atomic E-state index is 0.114. The van der Waals surface area contributed by atoms with E-state index >= 15 is 0 Å². The van der Waals surface area contributed by atoms with Gasteiger partial charge in [0.15, 0.2) is 0 Å². The average Bonchev–Trinajstić information content (AvgIpc) is 2.63. The van der Waals surface area contributed by atoms with E-state index in [0.29, 0.717) is 12.8 Å². The first-order valence-corrected chi connectivity index (χ1v) is 5.78. The van der Waals surface area contributed by atoms with Crippen molar-refractivity contribution >= 4 is 5.82 Å². The van der Waals surface area contributed by atoms with Crippen LogP contribution in [0.25, 0.3) is 0 Å². The predicted octanol–water partition coefficient (Wildman–Crippen LogP) is 2.95. The zero-order valence-electron chi connectivity index (χ0n) is 9.67. The van der Waals surface area contributed by atoms with E-state index in [1.165, 1.54) is 0 Å². The number of anilines is 1. The van der Waals surface area contributed by atoms with Crippen molar-refractivity contribution < 1.29 is 13.2 Å². The summed E-state index contributed by atoms with van der Waals surface area (Å²) in [5.74, 6) is -0.382. The first kappa shape index (κ1) is 12.3. The number of nitrogens with one attached hydrogen (secondary N) is 1. The van der Waals surface area contributed by atoms with E-state index in [4.69, 9.17) is 0 Å². The van der Waals surface area contributed by atoms with Crippen LogP contribution in [0.5, 0.6) is 0 Å². The topological polar surface area (TPSA) is 29.9 Å². The number of hydrogen-bond donors (Lipinski definition) is 1. The molecule has 1 heterocycles. The van der Waals surface area contributed by atoms with Crippen molar-refractivity contribution in [2.45, 2.75) is 37.9 Å². The van der Waals surface area contributed by atoms with Gasteiger partial charge in [-0.1, -0.05) is 0 Å². The summed E-state index contributed by atoms with van der Waals surface area (Å²) in [4.78, 5) is 0. The molecule has 96 valence electrons. The summed E-state index contributed by atoms with van der Waals surface area (Å²) in [6, 6.07) is 1.94. The molecule has 17 heavy (non-hydrogen) atoms. The molecule has 0 atom stereocenters. The highest BCUT2D eigenvalue weighted by molar-refractivity contribution is 5.33. The molecule has 2 rings (SSSR count). The number of aryl methyl sites for hydroxylation is 1. The van der Waals surface area contributed by atoms with Gasteiger partial charge in [-0.15, -0.1) is 0 Å². The molecule has 0 amide bonds. The quantitative estimate of drug-likeness (QED) is 0.870. The van der Waals surface area contributed by atoms with Gasteiger partial charge in [-0.3, -0.25) is 4.68 Å². The summed E-state index contributed by atoms with van der Waals surface area (Å²) in [5, 5.41) is 7.33. The Morgan fingerprint density at radius 2 is 1.94 bits per heavy atom. The molecule has 1 aromatic heterocycles. The van der Waals surface area contributed by atoms with Gasteiger partial charge in [0.05, 0.1) is 5.92 Å². The van der Waals surface area contributed by atoms with E-state index in [-0.39, 0.29) is 18.9 Å². The lowest BCUT2D eigenvalue weighted by Gasteiger charge is -2.30. The molecule has 0 aromatic carbocycles. The third kappa shape index (κ3) is 3.14. The van der Waals surface area contributed by atoms with Crippen molar-refractivity contribution in [2.75, 3.05) is 5.32 Å². The van der Waals surface area contributed by atoms with Gasteiger partial charge >= 0.3 is 6.18 Å². The third-order valence-electron chi connectivity index (χ3n) is 3.26. The predicted molar refractivity (Wildman–Crippen MR) is 58.6 cm³/mol. The fourth-order valence-electron chi connectivity index (χ4n) is 2.27. The van der Waals surface area contributed by atoms with Gasteiger partial charge in [0, 0.05) is 25.4 Å². The minimum atomic E-state index is -4.03. The van der Waals surface area contributed by atoms with Gasteiger partial charge in [-0.05, 0) is 25.7 Å². The second kappa shape index (κ2) is 4.58. The van der Waals surface area contributed by atoms with Gasteiger partial charge in [-0.25, -0.2) is 0 Å². The molecular formula is C11H16F3N3. The largest absolute Gasteiger partial charge is 0.391 e. The molecule has 1 aromatic rings. The SMILES string of the molecule is Cn1ccc(NC2CCC(C(F)(F)F)CC2)n1. The second-order valence-electron chi connectivity index (χ2n) is 4.61. The number of alkyl halides is 3. The van der Waals surface area contributed by atoms with Crippen LogP contribution < -0.4 is 5.32 Å². The van der Waals surface area contributed by atoms with E-state index in [0.717, 1.165) is 5.82 Å². The first-order valence-electron chi connectivity index (χ1n) is 5.78. The molecule has 0 aliphatic heterocycles. The fraction of sp³-hybridized carbons (Fsp3) is 0.727. The average molecular weight is 247 g/mol. The Labute approximate surface area is 98.0 Å². The molecule has 1 N–H and O–H groups in total. The standard InChI is InChI=1S/C11H16F3N3/c1-17-7-6-10(16-17)15-9-4-2-8(3-5-9)11(12,13)14/h6-9H,2-5H2,1H3,(H,15,16). The minimum Gasteiger partial charge on any atom is -0.366 e. The Balaban J connectivity index is 1.83. The second-order valence-corrected chi connectivity index (χ2v) is 4.61. The van der Waals surface area contributed by atoms with Crippen molar-refractivity contribution in [3.8, 4) is 0 Å². The summed E-state index contributed by atoms with van der Waals surface area (Å²) in [6.45, 7) is 0. The van der Waals surface area contributed by atoms with Gasteiger partial charge < -0.3 is 5.32 Å². The molecule has 1 fully saturated rings. The molecular weight excluding hydrogens is 231 g/mol. The lowest BCUT2D eigenvalue weighted by Crippen LogP contribution is -2.32. The van der Waals surface area contributed by atoms with Crippen LogP contribution in [-0.4, -0.2) is 22.0 Å². The highest BCUT2D eigenvalue weighted by Gasteiger charge is 2.41. The Kier molecular flexibility index (Phi) is 3.31. The Morgan fingerprint density at radius 3 is 2.41 bits per heavy atom. The summed E-state index contributed by atoms with van der Waals surface area (Å²) in [6.07, 6.45) is -0.677. The van der Waals surface area contributed by atoms with E-state index in [2.05, 4.69) is 10.4 Å². The zero-order valence-corrected chi connectivity index (χ0v) is 9.67. The van der Waals surface area contributed by atoms with Crippen molar-refractivity contribution in [1.29, 1.82) is 0 Å².